The van der Waals surface area contributed by atoms with Gasteiger partial charge in [0.25, 0.3) is 5.91 Å². The Bertz CT molecular complexity index is 987. The molecule has 0 aliphatic heterocycles. The summed E-state index contributed by atoms with van der Waals surface area (Å²) in [6.45, 7) is 6.47. The van der Waals surface area contributed by atoms with Crippen molar-refractivity contribution in [2.45, 2.75) is 38.1 Å². The summed E-state index contributed by atoms with van der Waals surface area (Å²) in [5.41, 5.74) is 1.30. The van der Waals surface area contributed by atoms with Crippen LogP contribution in [-0.4, -0.2) is 39.4 Å². The quantitative estimate of drug-likeness (QED) is 0.512. The van der Waals surface area contributed by atoms with Crippen molar-refractivity contribution >= 4 is 21.8 Å². The Labute approximate surface area is 183 Å². The Morgan fingerprint density at radius 2 is 1.65 bits per heavy atom. The Morgan fingerprint density at radius 3 is 2.16 bits per heavy atom. The SMILES string of the molecule is CCOc1ccc(C(=O)N[C@@H](C(=O)NCCc2ccc(S(N)(=O)=O)cc2)C(C)C)cc1. The molecule has 0 aliphatic carbocycles. The van der Waals surface area contributed by atoms with Gasteiger partial charge in [0, 0.05) is 12.1 Å². The summed E-state index contributed by atoms with van der Waals surface area (Å²) in [6.07, 6.45) is 0.508. The fourth-order valence-electron chi connectivity index (χ4n) is 2.91. The molecule has 0 spiro atoms. The molecule has 31 heavy (non-hydrogen) atoms. The number of hydrogen-bond donors (Lipinski definition) is 3. The van der Waals surface area contributed by atoms with E-state index in [2.05, 4.69) is 10.6 Å². The van der Waals surface area contributed by atoms with Gasteiger partial charge in [-0.25, -0.2) is 13.6 Å². The standard InChI is InChI=1S/C22H29N3O5S/c1-4-30-18-9-7-17(8-10-18)21(26)25-20(15(2)3)22(27)24-14-13-16-5-11-19(12-6-16)31(23,28)29/h5-12,15,20H,4,13-14H2,1-3H3,(H,24,27)(H,25,26)(H2,23,28,29)/t20-/m1/s1. The molecule has 168 valence electrons. The van der Waals surface area contributed by atoms with Crippen LogP contribution in [0.15, 0.2) is 53.4 Å². The van der Waals surface area contributed by atoms with Gasteiger partial charge < -0.3 is 15.4 Å². The number of ether oxygens (including phenoxy) is 1. The monoisotopic (exact) mass is 447 g/mol. The molecule has 1 atom stereocenters. The highest BCUT2D eigenvalue weighted by molar-refractivity contribution is 7.89. The van der Waals surface area contributed by atoms with Crippen molar-refractivity contribution in [3.8, 4) is 5.75 Å². The normalized spacial score (nSPS) is 12.3. The van der Waals surface area contributed by atoms with Gasteiger partial charge in [0.2, 0.25) is 15.9 Å². The molecule has 0 unspecified atom stereocenters. The van der Waals surface area contributed by atoms with Crippen LogP contribution in [0.5, 0.6) is 5.75 Å². The highest BCUT2D eigenvalue weighted by Gasteiger charge is 2.24. The first-order chi connectivity index (χ1) is 14.6. The summed E-state index contributed by atoms with van der Waals surface area (Å²) in [5, 5.41) is 10.7. The summed E-state index contributed by atoms with van der Waals surface area (Å²) in [5.74, 6) is -0.0547. The molecule has 2 amide bonds. The molecule has 2 rings (SSSR count). The van der Waals surface area contributed by atoms with Crippen LogP contribution >= 0.6 is 0 Å². The lowest BCUT2D eigenvalue weighted by Crippen LogP contribution is -2.50. The highest BCUT2D eigenvalue weighted by Crippen LogP contribution is 2.13. The molecule has 0 heterocycles. The number of carbonyl (C=O) groups excluding carboxylic acids is 2. The van der Waals surface area contributed by atoms with Gasteiger partial charge in [-0.2, -0.15) is 0 Å². The summed E-state index contributed by atoms with van der Waals surface area (Å²) < 4.78 is 28.0. The average Bonchev–Trinajstić information content (AvgIpc) is 2.72. The smallest absolute Gasteiger partial charge is 0.251 e. The van der Waals surface area contributed by atoms with Crippen molar-refractivity contribution in [1.29, 1.82) is 0 Å². The molecule has 4 N–H and O–H groups in total. The Morgan fingerprint density at radius 1 is 1.03 bits per heavy atom. The van der Waals surface area contributed by atoms with E-state index in [0.29, 0.717) is 30.9 Å². The van der Waals surface area contributed by atoms with Gasteiger partial charge in [-0.1, -0.05) is 26.0 Å². The number of nitrogens with two attached hydrogens (primary N) is 1. The van der Waals surface area contributed by atoms with Crippen LogP contribution in [-0.2, 0) is 21.2 Å². The molecule has 0 aromatic heterocycles. The molecule has 0 saturated heterocycles. The third kappa shape index (κ3) is 7.37. The van der Waals surface area contributed by atoms with E-state index in [0.717, 1.165) is 5.56 Å². The lowest BCUT2D eigenvalue weighted by Gasteiger charge is -2.22. The molecule has 2 aromatic rings. The fraction of sp³-hybridized carbons (Fsp3) is 0.364. The summed E-state index contributed by atoms with van der Waals surface area (Å²) in [6, 6.07) is 12.2. The third-order valence-corrected chi connectivity index (χ3v) is 5.56. The summed E-state index contributed by atoms with van der Waals surface area (Å²) in [7, 11) is -3.73. The minimum absolute atomic E-state index is 0.0390. The number of nitrogens with one attached hydrogen (secondary N) is 2. The topological polar surface area (TPSA) is 128 Å². The van der Waals surface area contributed by atoms with Crippen LogP contribution in [0.2, 0.25) is 0 Å². The maximum absolute atomic E-state index is 12.6. The van der Waals surface area contributed by atoms with Crippen LogP contribution < -0.4 is 20.5 Å². The van der Waals surface area contributed by atoms with Crippen LogP contribution in [0.1, 0.15) is 36.7 Å². The highest BCUT2D eigenvalue weighted by atomic mass is 32.2. The minimum Gasteiger partial charge on any atom is -0.494 e. The first-order valence-corrected chi connectivity index (χ1v) is 11.6. The first kappa shape index (κ1) is 24.4. The number of primary sulfonamides is 1. The van der Waals surface area contributed by atoms with E-state index in [1.807, 2.05) is 20.8 Å². The zero-order valence-electron chi connectivity index (χ0n) is 17.9. The molecule has 0 radical (unpaired) electrons. The van der Waals surface area contributed by atoms with Crippen molar-refractivity contribution in [1.82, 2.24) is 10.6 Å². The second-order valence-electron chi connectivity index (χ2n) is 7.38. The predicted octanol–water partition coefficient (Wildman–Crippen LogP) is 1.85. The largest absolute Gasteiger partial charge is 0.494 e. The maximum atomic E-state index is 12.6. The minimum atomic E-state index is -3.73. The lowest BCUT2D eigenvalue weighted by atomic mass is 10.0. The number of amides is 2. The third-order valence-electron chi connectivity index (χ3n) is 4.63. The van der Waals surface area contributed by atoms with Gasteiger partial charge in [-0.3, -0.25) is 9.59 Å². The number of sulfonamides is 1. The van der Waals surface area contributed by atoms with E-state index in [1.54, 1.807) is 36.4 Å². The molecule has 9 heteroatoms. The number of rotatable bonds is 10. The van der Waals surface area contributed by atoms with E-state index in [4.69, 9.17) is 9.88 Å². The van der Waals surface area contributed by atoms with Crippen molar-refractivity contribution in [3.05, 3.63) is 59.7 Å². The van der Waals surface area contributed by atoms with E-state index >= 15 is 0 Å². The molecule has 2 aromatic carbocycles. The van der Waals surface area contributed by atoms with Crippen LogP contribution in [0.25, 0.3) is 0 Å². The molecule has 0 bridgehead atoms. The predicted molar refractivity (Wildman–Crippen MR) is 118 cm³/mol. The molecule has 0 aliphatic rings. The van der Waals surface area contributed by atoms with Gasteiger partial charge >= 0.3 is 0 Å². The number of carbonyl (C=O) groups is 2. The molecular formula is C22H29N3O5S. The van der Waals surface area contributed by atoms with E-state index in [1.165, 1.54) is 12.1 Å². The first-order valence-electron chi connectivity index (χ1n) is 10.0. The van der Waals surface area contributed by atoms with Crippen LogP contribution in [0.4, 0.5) is 0 Å². The van der Waals surface area contributed by atoms with Crippen molar-refractivity contribution in [2.24, 2.45) is 11.1 Å². The number of benzene rings is 2. The average molecular weight is 448 g/mol. The van der Waals surface area contributed by atoms with Crippen molar-refractivity contribution in [2.75, 3.05) is 13.2 Å². The van der Waals surface area contributed by atoms with Gasteiger partial charge in [0.05, 0.1) is 11.5 Å². The second-order valence-corrected chi connectivity index (χ2v) is 8.94. The fourth-order valence-corrected chi connectivity index (χ4v) is 3.43. The van der Waals surface area contributed by atoms with E-state index in [9.17, 15) is 18.0 Å². The van der Waals surface area contributed by atoms with Crippen LogP contribution in [0, 0.1) is 5.92 Å². The lowest BCUT2D eigenvalue weighted by molar-refractivity contribution is -0.123. The summed E-state index contributed by atoms with van der Waals surface area (Å²) >= 11 is 0. The zero-order valence-corrected chi connectivity index (χ0v) is 18.7. The molecule has 8 nitrogen and oxygen atoms in total. The molecular weight excluding hydrogens is 418 g/mol. The van der Waals surface area contributed by atoms with Gasteiger partial charge in [-0.15, -0.1) is 0 Å². The summed E-state index contributed by atoms with van der Waals surface area (Å²) in [4.78, 5) is 25.2. The Kier molecular flexibility index (Phi) is 8.58. The zero-order chi connectivity index (χ0) is 23.0. The molecule has 0 saturated carbocycles. The van der Waals surface area contributed by atoms with Crippen molar-refractivity contribution in [3.63, 3.8) is 0 Å². The van der Waals surface area contributed by atoms with Gasteiger partial charge in [0.1, 0.15) is 11.8 Å². The van der Waals surface area contributed by atoms with Gasteiger partial charge in [0.15, 0.2) is 0 Å². The van der Waals surface area contributed by atoms with Gasteiger partial charge in [-0.05, 0) is 61.2 Å². The maximum Gasteiger partial charge on any atom is 0.251 e. The number of hydrogen-bond acceptors (Lipinski definition) is 5. The van der Waals surface area contributed by atoms with Crippen LogP contribution in [0.3, 0.4) is 0 Å². The molecule has 0 fully saturated rings. The van der Waals surface area contributed by atoms with E-state index < -0.39 is 16.1 Å². The van der Waals surface area contributed by atoms with E-state index in [-0.39, 0.29) is 22.6 Å². The van der Waals surface area contributed by atoms with Crippen molar-refractivity contribution < 1.29 is 22.7 Å². The Hall–Kier alpha value is -2.91. The Balaban J connectivity index is 1.92. The second kappa shape index (κ2) is 10.9.